The predicted octanol–water partition coefficient (Wildman–Crippen LogP) is 3.51. The van der Waals surface area contributed by atoms with Gasteiger partial charge in [0.2, 0.25) is 17.6 Å². The molecule has 0 N–H and O–H groups in total. The third-order valence-corrected chi connectivity index (χ3v) is 5.52. The van der Waals surface area contributed by atoms with Crippen molar-refractivity contribution in [3.63, 3.8) is 0 Å². The van der Waals surface area contributed by atoms with Gasteiger partial charge in [-0.05, 0) is 19.8 Å². The van der Waals surface area contributed by atoms with E-state index in [-0.39, 0.29) is 6.04 Å². The lowest BCUT2D eigenvalue weighted by atomic mass is 10.1. The van der Waals surface area contributed by atoms with Crippen molar-refractivity contribution in [3.05, 3.63) is 47.4 Å². The molecule has 8 heteroatoms. The molecule has 3 heterocycles. The zero-order valence-corrected chi connectivity index (χ0v) is 18.2. The Morgan fingerprint density at radius 1 is 0.933 bits per heavy atom. The van der Waals surface area contributed by atoms with Crippen molar-refractivity contribution < 1.29 is 9.05 Å². The summed E-state index contributed by atoms with van der Waals surface area (Å²) in [5, 5.41) is 8.30. The Balaban J connectivity index is 1.30. The summed E-state index contributed by atoms with van der Waals surface area (Å²) in [7, 11) is 0. The number of nitrogens with zero attached hydrogens (tertiary/aromatic N) is 6. The molecule has 1 unspecified atom stereocenters. The van der Waals surface area contributed by atoms with Crippen molar-refractivity contribution in [1.82, 2.24) is 30.1 Å². The SMILES string of the molecule is Cc1ccc(-c2noc(C(C)N3CCN(Cc4noc(CC(C)C)n4)CC3)n2)cc1. The van der Waals surface area contributed by atoms with E-state index < -0.39 is 0 Å². The smallest absolute Gasteiger partial charge is 0.244 e. The highest BCUT2D eigenvalue weighted by atomic mass is 16.5. The minimum Gasteiger partial charge on any atom is -0.339 e. The fourth-order valence-electron chi connectivity index (χ4n) is 3.68. The van der Waals surface area contributed by atoms with Gasteiger partial charge >= 0.3 is 0 Å². The van der Waals surface area contributed by atoms with E-state index >= 15 is 0 Å². The van der Waals surface area contributed by atoms with E-state index in [1.165, 1.54) is 5.56 Å². The van der Waals surface area contributed by atoms with Crippen LogP contribution in [-0.2, 0) is 13.0 Å². The summed E-state index contributed by atoms with van der Waals surface area (Å²) < 4.78 is 10.9. The largest absolute Gasteiger partial charge is 0.339 e. The third-order valence-electron chi connectivity index (χ3n) is 5.52. The maximum Gasteiger partial charge on any atom is 0.244 e. The van der Waals surface area contributed by atoms with Crippen molar-refractivity contribution in [1.29, 1.82) is 0 Å². The monoisotopic (exact) mass is 410 g/mol. The maximum atomic E-state index is 5.57. The Bertz CT molecular complexity index is 941. The zero-order valence-electron chi connectivity index (χ0n) is 18.2. The molecule has 2 aromatic heterocycles. The van der Waals surface area contributed by atoms with Crippen molar-refractivity contribution >= 4 is 0 Å². The number of aryl methyl sites for hydroxylation is 1. The summed E-state index contributed by atoms with van der Waals surface area (Å²) in [5.41, 5.74) is 2.19. The first-order valence-corrected chi connectivity index (χ1v) is 10.7. The van der Waals surface area contributed by atoms with E-state index in [4.69, 9.17) is 9.05 Å². The van der Waals surface area contributed by atoms with Crippen LogP contribution in [0, 0.1) is 12.8 Å². The van der Waals surface area contributed by atoms with Gasteiger partial charge in [-0.1, -0.05) is 54.0 Å². The summed E-state index contributed by atoms with van der Waals surface area (Å²) in [6.45, 7) is 13.0. The van der Waals surface area contributed by atoms with Gasteiger partial charge in [-0.15, -0.1) is 0 Å². The Morgan fingerprint density at radius 2 is 1.67 bits per heavy atom. The Labute approximate surface area is 177 Å². The summed E-state index contributed by atoms with van der Waals surface area (Å²) >= 11 is 0. The normalized spacial score (nSPS) is 17.0. The second kappa shape index (κ2) is 9.06. The van der Waals surface area contributed by atoms with Gasteiger partial charge in [0.25, 0.3) is 0 Å². The molecule has 0 amide bonds. The summed E-state index contributed by atoms with van der Waals surface area (Å²) in [6.07, 6.45) is 0.826. The molecule has 30 heavy (non-hydrogen) atoms. The van der Waals surface area contributed by atoms with Crippen LogP contribution < -0.4 is 0 Å². The molecule has 1 aliphatic heterocycles. The maximum absolute atomic E-state index is 5.57. The summed E-state index contributed by atoms with van der Waals surface area (Å²) in [5.74, 6) is 3.32. The molecule has 4 rings (SSSR count). The lowest BCUT2D eigenvalue weighted by Crippen LogP contribution is -2.46. The second-order valence-electron chi connectivity index (χ2n) is 8.51. The minimum absolute atomic E-state index is 0.0849. The molecule has 0 bridgehead atoms. The quantitative estimate of drug-likeness (QED) is 0.585. The fourth-order valence-corrected chi connectivity index (χ4v) is 3.68. The molecule has 0 saturated carbocycles. The molecule has 1 atom stereocenters. The number of rotatable bonds is 7. The number of hydrogen-bond donors (Lipinski definition) is 0. The van der Waals surface area contributed by atoms with Gasteiger partial charge in [-0.3, -0.25) is 9.80 Å². The van der Waals surface area contributed by atoms with Crippen molar-refractivity contribution in [2.24, 2.45) is 5.92 Å². The van der Waals surface area contributed by atoms with Crippen molar-refractivity contribution in [3.8, 4) is 11.4 Å². The number of aromatic nitrogens is 4. The lowest BCUT2D eigenvalue weighted by Gasteiger charge is -2.36. The van der Waals surface area contributed by atoms with Crippen LogP contribution in [0.15, 0.2) is 33.3 Å². The van der Waals surface area contributed by atoms with E-state index in [9.17, 15) is 0 Å². The van der Waals surface area contributed by atoms with Gasteiger partial charge in [0.05, 0.1) is 12.6 Å². The summed E-state index contributed by atoms with van der Waals surface area (Å²) in [4.78, 5) is 13.9. The average molecular weight is 411 g/mol. The van der Waals surface area contributed by atoms with Crippen LogP contribution in [0.3, 0.4) is 0 Å². The van der Waals surface area contributed by atoms with Crippen LogP contribution in [0.2, 0.25) is 0 Å². The molecular weight excluding hydrogens is 380 g/mol. The fraction of sp³-hybridized carbons (Fsp3) is 0.545. The molecule has 3 aromatic rings. The first kappa shape index (κ1) is 20.7. The minimum atomic E-state index is 0.0849. The van der Waals surface area contributed by atoms with E-state index in [0.29, 0.717) is 17.6 Å². The van der Waals surface area contributed by atoms with E-state index in [0.717, 1.165) is 56.4 Å². The molecule has 1 saturated heterocycles. The highest BCUT2D eigenvalue weighted by Crippen LogP contribution is 2.24. The van der Waals surface area contributed by atoms with Gasteiger partial charge in [0.1, 0.15) is 0 Å². The van der Waals surface area contributed by atoms with Crippen LogP contribution in [0.4, 0.5) is 0 Å². The lowest BCUT2D eigenvalue weighted by molar-refractivity contribution is 0.0827. The molecule has 160 valence electrons. The average Bonchev–Trinajstić information content (AvgIpc) is 3.38. The number of piperazine rings is 1. The molecule has 1 aliphatic rings. The standard InChI is InChI=1S/C22H30N6O2/c1-15(2)13-20-23-19(25-29-20)14-27-9-11-28(12-10-27)17(4)22-24-21(26-30-22)18-7-5-16(3)6-8-18/h5-8,15,17H,9-14H2,1-4H3. The van der Waals surface area contributed by atoms with Crippen LogP contribution in [0.1, 0.15) is 50.0 Å². The molecular formula is C22H30N6O2. The van der Waals surface area contributed by atoms with E-state index in [2.05, 4.69) is 69.9 Å². The molecule has 0 spiro atoms. The highest BCUT2D eigenvalue weighted by molar-refractivity contribution is 5.54. The van der Waals surface area contributed by atoms with Crippen LogP contribution >= 0.6 is 0 Å². The topological polar surface area (TPSA) is 84.3 Å². The van der Waals surface area contributed by atoms with E-state index in [1.54, 1.807) is 0 Å². The predicted molar refractivity (Wildman–Crippen MR) is 113 cm³/mol. The van der Waals surface area contributed by atoms with Gasteiger partial charge in [-0.25, -0.2) is 0 Å². The van der Waals surface area contributed by atoms with Crippen LogP contribution in [0.5, 0.6) is 0 Å². The van der Waals surface area contributed by atoms with Gasteiger partial charge in [-0.2, -0.15) is 9.97 Å². The van der Waals surface area contributed by atoms with Gasteiger partial charge in [0, 0.05) is 38.2 Å². The highest BCUT2D eigenvalue weighted by Gasteiger charge is 2.26. The first-order chi connectivity index (χ1) is 14.5. The van der Waals surface area contributed by atoms with Crippen molar-refractivity contribution in [2.75, 3.05) is 26.2 Å². The molecule has 0 radical (unpaired) electrons. The molecule has 8 nitrogen and oxygen atoms in total. The zero-order chi connectivity index (χ0) is 21.1. The number of benzene rings is 1. The summed E-state index contributed by atoms with van der Waals surface area (Å²) in [6, 6.07) is 8.25. The van der Waals surface area contributed by atoms with Crippen LogP contribution in [0.25, 0.3) is 11.4 Å². The van der Waals surface area contributed by atoms with Crippen molar-refractivity contribution in [2.45, 2.75) is 46.7 Å². The van der Waals surface area contributed by atoms with Gasteiger partial charge < -0.3 is 9.05 Å². The van der Waals surface area contributed by atoms with E-state index in [1.807, 2.05) is 12.1 Å². The third kappa shape index (κ3) is 4.94. The Morgan fingerprint density at radius 3 is 2.37 bits per heavy atom. The first-order valence-electron chi connectivity index (χ1n) is 10.7. The molecule has 1 fully saturated rings. The molecule has 0 aliphatic carbocycles. The second-order valence-corrected chi connectivity index (χ2v) is 8.51. The van der Waals surface area contributed by atoms with Gasteiger partial charge in [0.15, 0.2) is 5.82 Å². The Kier molecular flexibility index (Phi) is 6.24. The van der Waals surface area contributed by atoms with Crippen LogP contribution in [-0.4, -0.2) is 56.3 Å². The Hall–Kier alpha value is -2.58. The number of hydrogen-bond acceptors (Lipinski definition) is 8. The molecule has 1 aromatic carbocycles.